The highest BCUT2D eigenvalue weighted by Gasteiger charge is 2.28. The SMILES string of the molecule is Cc1cnn([C@H]2CCCN(C(=O)OC(C)(C)C)C2)c1. The van der Waals surface area contributed by atoms with Gasteiger partial charge in [-0.2, -0.15) is 5.10 Å². The van der Waals surface area contributed by atoms with Crippen molar-refractivity contribution in [2.75, 3.05) is 13.1 Å². The summed E-state index contributed by atoms with van der Waals surface area (Å²) in [6.07, 6.45) is 5.71. The molecule has 1 aliphatic heterocycles. The number of aryl methyl sites for hydroxylation is 1. The number of amides is 1. The molecule has 0 aliphatic carbocycles. The summed E-state index contributed by atoms with van der Waals surface area (Å²) < 4.78 is 7.39. The fourth-order valence-electron chi connectivity index (χ4n) is 2.30. The predicted molar refractivity (Wildman–Crippen MR) is 73.0 cm³/mol. The highest BCUT2D eigenvalue weighted by Crippen LogP contribution is 2.22. The molecule has 1 aliphatic rings. The van der Waals surface area contributed by atoms with Crippen molar-refractivity contribution in [3.8, 4) is 0 Å². The van der Waals surface area contributed by atoms with Gasteiger partial charge in [-0.15, -0.1) is 0 Å². The lowest BCUT2D eigenvalue weighted by molar-refractivity contribution is 0.0167. The van der Waals surface area contributed by atoms with E-state index in [4.69, 9.17) is 4.74 Å². The molecule has 1 aromatic heterocycles. The Labute approximate surface area is 114 Å². The molecule has 0 radical (unpaired) electrons. The molecule has 2 rings (SSSR count). The second-order valence-corrected chi connectivity index (χ2v) is 6.22. The number of hydrogen-bond acceptors (Lipinski definition) is 3. The standard InChI is InChI=1S/C14H23N3O2/c1-11-8-15-17(9-11)12-6-5-7-16(10-12)13(18)19-14(2,3)4/h8-9,12H,5-7,10H2,1-4H3/t12-/m0/s1. The van der Waals surface area contributed by atoms with E-state index in [9.17, 15) is 4.79 Å². The summed E-state index contributed by atoms with van der Waals surface area (Å²) in [6.45, 7) is 9.15. The number of ether oxygens (including phenoxy) is 1. The average molecular weight is 265 g/mol. The maximum absolute atomic E-state index is 12.1. The van der Waals surface area contributed by atoms with Gasteiger partial charge in [-0.3, -0.25) is 4.68 Å². The van der Waals surface area contributed by atoms with Crippen molar-refractivity contribution < 1.29 is 9.53 Å². The number of hydrogen-bond donors (Lipinski definition) is 0. The summed E-state index contributed by atoms with van der Waals surface area (Å²) in [7, 11) is 0. The molecule has 1 aromatic rings. The van der Waals surface area contributed by atoms with E-state index in [1.165, 1.54) is 0 Å². The lowest BCUT2D eigenvalue weighted by Crippen LogP contribution is -2.43. The smallest absolute Gasteiger partial charge is 0.410 e. The Kier molecular flexibility index (Phi) is 3.83. The Balaban J connectivity index is 1.99. The second kappa shape index (κ2) is 5.23. The quantitative estimate of drug-likeness (QED) is 0.784. The molecule has 1 atom stereocenters. The molecule has 5 heteroatoms. The van der Waals surface area contributed by atoms with E-state index < -0.39 is 5.60 Å². The van der Waals surface area contributed by atoms with Gasteiger partial charge < -0.3 is 9.64 Å². The van der Waals surface area contributed by atoms with Crippen LogP contribution in [0.3, 0.4) is 0 Å². The van der Waals surface area contributed by atoms with Gasteiger partial charge >= 0.3 is 6.09 Å². The molecule has 1 saturated heterocycles. The zero-order valence-corrected chi connectivity index (χ0v) is 12.2. The molecule has 0 unspecified atom stereocenters. The van der Waals surface area contributed by atoms with Gasteiger partial charge in [0.05, 0.1) is 12.2 Å². The van der Waals surface area contributed by atoms with Crippen molar-refractivity contribution in [3.63, 3.8) is 0 Å². The lowest BCUT2D eigenvalue weighted by Gasteiger charge is -2.34. The number of carbonyl (C=O) groups excluding carboxylic acids is 1. The largest absolute Gasteiger partial charge is 0.444 e. The van der Waals surface area contributed by atoms with E-state index in [1.807, 2.05) is 44.8 Å². The summed E-state index contributed by atoms with van der Waals surface area (Å²) in [4.78, 5) is 13.9. The van der Waals surface area contributed by atoms with Crippen LogP contribution in [0.4, 0.5) is 4.79 Å². The Morgan fingerprint density at radius 1 is 1.47 bits per heavy atom. The number of carbonyl (C=O) groups is 1. The molecule has 106 valence electrons. The van der Waals surface area contributed by atoms with Crippen LogP contribution in [0, 0.1) is 6.92 Å². The van der Waals surface area contributed by atoms with Crippen molar-refractivity contribution in [3.05, 3.63) is 18.0 Å². The summed E-state index contributed by atoms with van der Waals surface area (Å²) in [5, 5.41) is 4.35. The van der Waals surface area contributed by atoms with Crippen LogP contribution in [0.1, 0.15) is 45.2 Å². The van der Waals surface area contributed by atoms with Gasteiger partial charge in [0.2, 0.25) is 0 Å². The van der Waals surface area contributed by atoms with Crippen LogP contribution >= 0.6 is 0 Å². The van der Waals surface area contributed by atoms with Crippen LogP contribution in [-0.4, -0.2) is 39.5 Å². The summed E-state index contributed by atoms with van der Waals surface area (Å²) in [6, 6.07) is 0.259. The van der Waals surface area contributed by atoms with Crippen LogP contribution in [-0.2, 0) is 4.74 Å². The van der Waals surface area contributed by atoms with Gasteiger partial charge in [-0.1, -0.05) is 0 Å². The van der Waals surface area contributed by atoms with Gasteiger partial charge in [-0.05, 0) is 46.1 Å². The predicted octanol–water partition coefficient (Wildman–Crippen LogP) is 2.76. The van der Waals surface area contributed by atoms with Crippen LogP contribution in [0.2, 0.25) is 0 Å². The highest BCUT2D eigenvalue weighted by molar-refractivity contribution is 5.68. The minimum atomic E-state index is -0.438. The normalized spacial score (nSPS) is 20.4. The van der Waals surface area contributed by atoms with Gasteiger partial charge in [0.15, 0.2) is 0 Å². The Bertz CT molecular complexity index is 448. The van der Waals surface area contributed by atoms with Gasteiger partial charge in [0, 0.05) is 19.3 Å². The van der Waals surface area contributed by atoms with Gasteiger partial charge in [-0.25, -0.2) is 4.79 Å². The molecular formula is C14H23N3O2. The van der Waals surface area contributed by atoms with Crippen molar-refractivity contribution in [2.45, 2.75) is 52.2 Å². The molecule has 0 spiro atoms. The van der Waals surface area contributed by atoms with E-state index in [-0.39, 0.29) is 12.1 Å². The minimum absolute atomic E-state index is 0.221. The fraction of sp³-hybridized carbons (Fsp3) is 0.714. The Morgan fingerprint density at radius 3 is 2.79 bits per heavy atom. The van der Waals surface area contributed by atoms with Crippen molar-refractivity contribution in [1.29, 1.82) is 0 Å². The summed E-state index contributed by atoms with van der Waals surface area (Å²) in [5.74, 6) is 0. The van der Waals surface area contributed by atoms with Gasteiger partial charge in [0.1, 0.15) is 5.60 Å². The summed E-state index contributed by atoms with van der Waals surface area (Å²) >= 11 is 0. The Morgan fingerprint density at radius 2 is 2.21 bits per heavy atom. The van der Waals surface area contributed by atoms with Crippen LogP contribution < -0.4 is 0 Å². The third-order valence-corrected chi connectivity index (χ3v) is 3.15. The number of aromatic nitrogens is 2. The molecular weight excluding hydrogens is 242 g/mol. The van der Waals surface area contributed by atoms with E-state index in [1.54, 1.807) is 4.90 Å². The number of nitrogens with zero attached hydrogens (tertiary/aromatic N) is 3. The molecule has 0 aromatic carbocycles. The third kappa shape index (κ3) is 3.72. The van der Waals surface area contributed by atoms with Crippen LogP contribution in [0.15, 0.2) is 12.4 Å². The molecule has 0 bridgehead atoms. The third-order valence-electron chi connectivity index (χ3n) is 3.15. The zero-order chi connectivity index (χ0) is 14.0. The topological polar surface area (TPSA) is 47.4 Å². The lowest BCUT2D eigenvalue weighted by atomic mass is 10.1. The maximum atomic E-state index is 12.1. The van der Waals surface area contributed by atoms with E-state index in [0.29, 0.717) is 6.54 Å². The molecule has 1 amide bonds. The van der Waals surface area contributed by atoms with E-state index >= 15 is 0 Å². The average Bonchev–Trinajstić information content (AvgIpc) is 2.74. The minimum Gasteiger partial charge on any atom is -0.444 e. The molecule has 19 heavy (non-hydrogen) atoms. The number of likely N-dealkylation sites (tertiary alicyclic amines) is 1. The van der Waals surface area contributed by atoms with Crippen molar-refractivity contribution >= 4 is 6.09 Å². The van der Waals surface area contributed by atoms with Gasteiger partial charge in [0.25, 0.3) is 0 Å². The fourth-order valence-corrected chi connectivity index (χ4v) is 2.30. The van der Waals surface area contributed by atoms with Crippen molar-refractivity contribution in [2.24, 2.45) is 0 Å². The zero-order valence-electron chi connectivity index (χ0n) is 12.2. The van der Waals surface area contributed by atoms with Crippen molar-refractivity contribution in [1.82, 2.24) is 14.7 Å². The first-order chi connectivity index (χ1) is 8.85. The molecule has 0 N–H and O–H groups in total. The Hall–Kier alpha value is -1.52. The first-order valence-electron chi connectivity index (χ1n) is 6.84. The molecule has 0 saturated carbocycles. The molecule has 1 fully saturated rings. The first kappa shape index (κ1) is 13.9. The number of rotatable bonds is 1. The highest BCUT2D eigenvalue weighted by atomic mass is 16.6. The summed E-state index contributed by atoms with van der Waals surface area (Å²) in [5.41, 5.74) is 0.709. The maximum Gasteiger partial charge on any atom is 0.410 e. The van der Waals surface area contributed by atoms with Crippen LogP contribution in [0.25, 0.3) is 0 Å². The first-order valence-corrected chi connectivity index (χ1v) is 6.84. The van der Waals surface area contributed by atoms with Crippen LogP contribution in [0.5, 0.6) is 0 Å². The monoisotopic (exact) mass is 265 g/mol. The molecule has 2 heterocycles. The van der Waals surface area contributed by atoms with E-state index in [0.717, 1.165) is 24.9 Å². The number of piperidine rings is 1. The second-order valence-electron chi connectivity index (χ2n) is 6.22. The molecule has 5 nitrogen and oxygen atoms in total. The van der Waals surface area contributed by atoms with E-state index in [2.05, 4.69) is 5.10 Å².